The third-order valence-corrected chi connectivity index (χ3v) is 8.77. The molecule has 1 N–H and O–H groups in total. The molecule has 3 fully saturated rings. The van der Waals surface area contributed by atoms with Crippen LogP contribution in [-0.2, 0) is 38.1 Å². The molecular formula is C27H44O9. The van der Waals surface area contributed by atoms with Gasteiger partial charge in [0.2, 0.25) is 0 Å². The van der Waals surface area contributed by atoms with Gasteiger partial charge in [-0.05, 0) is 51.9 Å². The molecule has 206 valence electrons. The molecule has 2 aliphatic heterocycles. The number of esters is 3. The van der Waals surface area contributed by atoms with Crippen LogP contribution in [0.3, 0.4) is 0 Å². The number of ether oxygens (including phenoxy) is 5. The van der Waals surface area contributed by atoms with Crippen LogP contribution >= 0.6 is 0 Å². The van der Waals surface area contributed by atoms with E-state index in [1.165, 1.54) is 20.8 Å². The Kier molecular flexibility index (Phi) is 8.19. The zero-order valence-electron chi connectivity index (χ0n) is 23.2. The first-order valence-corrected chi connectivity index (χ1v) is 13.0. The number of aliphatic hydroxyl groups is 1. The van der Waals surface area contributed by atoms with Crippen LogP contribution in [0.2, 0.25) is 0 Å². The van der Waals surface area contributed by atoms with E-state index in [1.54, 1.807) is 21.0 Å². The molecule has 10 atom stereocenters. The summed E-state index contributed by atoms with van der Waals surface area (Å²) in [5, 5.41) is 11.6. The highest BCUT2D eigenvalue weighted by Gasteiger charge is 2.68. The summed E-state index contributed by atoms with van der Waals surface area (Å²) in [4.78, 5) is 36.8. The molecule has 0 aromatic heterocycles. The summed E-state index contributed by atoms with van der Waals surface area (Å²) in [6, 6.07) is 0. The third kappa shape index (κ3) is 5.29. The lowest BCUT2D eigenvalue weighted by atomic mass is 9.56. The van der Waals surface area contributed by atoms with Gasteiger partial charge in [0.1, 0.15) is 17.8 Å². The van der Waals surface area contributed by atoms with Crippen LogP contribution in [0.25, 0.3) is 0 Å². The van der Waals surface area contributed by atoms with Gasteiger partial charge in [0.25, 0.3) is 0 Å². The van der Waals surface area contributed by atoms with Crippen molar-refractivity contribution in [3.63, 3.8) is 0 Å². The van der Waals surface area contributed by atoms with Gasteiger partial charge in [-0.15, -0.1) is 0 Å². The highest BCUT2D eigenvalue weighted by atomic mass is 16.6. The molecule has 0 aromatic carbocycles. The van der Waals surface area contributed by atoms with Crippen LogP contribution in [0.5, 0.6) is 0 Å². The van der Waals surface area contributed by atoms with Gasteiger partial charge in [-0.3, -0.25) is 14.4 Å². The summed E-state index contributed by atoms with van der Waals surface area (Å²) in [7, 11) is 1.55. The van der Waals surface area contributed by atoms with E-state index in [-0.39, 0.29) is 24.2 Å². The van der Waals surface area contributed by atoms with E-state index in [1.807, 2.05) is 6.92 Å². The summed E-state index contributed by atoms with van der Waals surface area (Å²) >= 11 is 0. The Labute approximate surface area is 214 Å². The van der Waals surface area contributed by atoms with E-state index < -0.39 is 65.0 Å². The van der Waals surface area contributed by atoms with Gasteiger partial charge in [0, 0.05) is 46.1 Å². The summed E-state index contributed by atoms with van der Waals surface area (Å²) in [5.41, 5.74) is -3.47. The van der Waals surface area contributed by atoms with Crippen molar-refractivity contribution >= 4 is 17.9 Å². The molecule has 9 heteroatoms. The monoisotopic (exact) mass is 512 g/mol. The Hall–Kier alpha value is -1.71. The van der Waals surface area contributed by atoms with Crippen LogP contribution in [0.1, 0.15) is 81.1 Å². The quantitative estimate of drug-likeness (QED) is 0.438. The maximum absolute atomic E-state index is 12.4. The molecule has 1 aliphatic carbocycles. The zero-order valence-corrected chi connectivity index (χ0v) is 23.2. The first-order valence-electron chi connectivity index (χ1n) is 13.0. The SMILES string of the molecule is CO[C@H]1CC[C@@](C)(OC(C)=O)[C@@H]2O[C@H](C[C@]1(C)O)[C@@H]1[C@H]2[C@@H](C(C)C)C[C@H](OC(C)=O)[C@@]1(C)OC(C)=O. The summed E-state index contributed by atoms with van der Waals surface area (Å²) in [6.45, 7) is 13.7. The van der Waals surface area contributed by atoms with Gasteiger partial charge in [-0.1, -0.05) is 13.8 Å². The van der Waals surface area contributed by atoms with Crippen LogP contribution in [0, 0.1) is 23.7 Å². The number of carbonyl (C=O) groups is 3. The molecule has 1 saturated carbocycles. The lowest BCUT2D eigenvalue weighted by Crippen LogP contribution is -2.63. The smallest absolute Gasteiger partial charge is 0.303 e. The molecule has 0 unspecified atom stereocenters. The molecule has 0 spiro atoms. The Morgan fingerprint density at radius 2 is 1.58 bits per heavy atom. The van der Waals surface area contributed by atoms with Crippen molar-refractivity contribution in [1.29, 1.82) is 0 Å². The molecule has 3 aliphatic rings. The van der Waals surface area contributed by atoms with Crippen molar-refractivity contribution in [3.05, 3.63) is 0 Å². The molecule has 0 aromatic rings. The number of carbonyl (C=O) groups excluding carboxylic acids is 3. The Morgan fingerprint density at radius 1 is 0.972 bits per heavy atom. The van der Waals surface area contributed by atoms with Gasteiger partial charge in [-0.25, -0.2) is 0 Å². The Morgan fingerprint density at radius 3 is 2.08 bits per heavy atom. The van der Waals surface area contributed by atoms with E-state index in [0.29, 0.717) is 19.3 Å². The molecular weight excluding hydrogens is 468 g/mol. The number of hydrogen-bond donors (Lipinski definition) is 1. The van der Waals surface area contributed by atoms with Crippen LogP contribution in [0.15, 0.2) is 0 Å². The fourth-order valence-corrected chi connectivity index (χ4v) is 7.37. The summed E-state index contributed by atoms with van der Waals surface area (Å²) in [6.07, 6.45) is -0.708. The molecule has 9 nitrogen and oxygen atoms in total. The van der Waals surface area contributed by atoms with Gasteiger partial charge in [0.15, 0.2) is 5.60 Å². The minimum atomic E-state index is -1.26. The van der Waals surface area contributed by atoms with E-state index in [2.05, 4.69) is 13.8 Å². The fourth-order valence-electron chi connectivity index (χ4n) is 7.37. The zero-order chi connectivity index (χ0) is 27.2. The lowest BCUT2D eigenvalue weighted by Gasteiger charge is -2.54. The lowest BCUT2D eigenvalue weighted by molar-refractivity contribution is -0.218. The number of fused-ring (bicyclic) bond motifs is 5. The number of methoxy groups -OCH3 is 1. The predicted octanol–water partition coefficient (Wildman–Crippen LogP) is 3.19. The summed E-state index contributed by atoms with van der Waals surface area (Å²) < 4.78 is 30.2. The minimum Gasteiger partial charge on any atom is -0.458 e. The van der Waals surface area contributed by atoms with Gasteiger partial charge in [0.05, 0.1) is 17.8 Å². The standard InChI is InChI=1S/C27H44O9/c1-14(2)18-12-21(33-15(3)28)27(8,36-17(5)30)23-19-13-25(6,31)20(32-9)10-11-26(7,35-16(4)29)24(34-19)22(18)23/h14,18-24,31H,10-13H2,1-9H3/t18-,19-,20+,21+,22-,23-,24-,25+,26-,27-/m1/s1. The van der Waals surface area contributed by atoms with Gasteiger partial charge >= 0.3 is 17.9 Å². The fraction of sp³-hybridized carbons (Fsp3) is 0.889. The summed E-state index contributed by atoms with van der Waals surface area (Å²) in [5.74, 6) is -1.76. The minimum absolute atomic E-state index is 0.0236. The molecule has 0 radical (unpaired) electrons. The largest absolute Gasteiger partial charge is 0.458 e. The normalized spacial score (nSPS) is 44.6. The van der Waals surface area contributed by atoms with Crippen molar-refractivity contribution in [1.82, 2.24) is 0 Å². The maximum Gasteiger partial charge on any atom is 0.303 e. The van der Waals surface area contributed by atoms with Crippen LogP contribution in [0.4, 0.5) is 0 Å². The predicted molar refractivity (Wildman–Crippen MR) is 130 cm³/mol. The number of hydrogen-bond acceptors (Lipinski definition) is 9. The van der Waals surface area contributed by atoms with E-state index in [9.17, 15) is 19.5 Å². The average Bonchev–Trinajstić information content (AvgIpc) is 3.09. The van der Waals surface area contributed by atoms with Gasteiger partial charge in [-0.2, -0.15) is 0 Å². The molecule has 2 saturated heterocycles. The second kappa shape index (κ2) is 10.2. The van der Waals surface area contributed by atoms with Gasteiger partial charge < -0.3 is 28.8 Å². The van der Waals surface area contributed by atoms with Crippen molar-refractivity contribution in [3.8, 4) is 0 Å². The second-order valence-corrected chi connectivity index (χ2v) is 11.9. The van der Waals surface area contributed by atoms with Crippen molar-refractivity contribution < 1.29 is 43.2 Å². The average molecular weight is 513 g/mol. The second-order valence-electron chi connectivity index (χ2n) is 11.9. The topological polar surface area (TPSA) is 118 Å². The molecule has 2 heterocycles. The third-order valence-electron chi connectivity index (χ3n) is 8.77. The van der Waals surface area contributed by atoms with Crippen LogP contribution < -0.4 is 0 Å². The first kappa shape index (κ1) is 28.9. The van der Waals surface area contributed by atoms with E-state index in [4.69, 9.17) is 23.7 Å². The molecule has 36 heavy (non-hydrogen) atoms. The Bertz CT molecular complexity index is 854. The molecule has 2 bridgehead atoms. The molecule has 3 rings (SSSR count). The highest BCUT2D eigenvalue weighted by molar-refractivity contribution is 5.68. The van der Waals surface area contributed by atoms with Crippen molar-refractivity contribution in [2.75, 3.05) is 7.11 Å². The Balaban J connectivity index is 2.24. The van der Waals surface area contributed by atoms with E-state index >= 15 is 0 Å². The molecule has 0 amide bonds. The first-order chi connectivity index (χ1) is 16.6. The van der Waals surface area contributed by atoms with Crippen LogP contribution in [-0.4, -0.2) is 71.3 Å². The van der Waals surface area contributed by atoms with Crippen molar-refractivity contribution in [2.45, 2.75) is 122 Å². The van der Waals surface area contributed by atoms with E-state index in [0.717, 1.165) is 0 Å². The highest BCUT2D eigenvalue weighted by Crippen LogP contribution is 2.59. The number of rotatable bonds is 5. The van der Waals surface area contributed by atoms with Crippen molar-refractivity contribution in [2.24, 2.45) is 23.7 Å². The maximum atomic E-state index is 12.4.